The molecule has 1 atom stereocenters. The second-order valence-corrected chi connectivity index (χ2v) is 6.64. The van der Waals surface area contributed by atoms with E-state index < -0.39 is 0 Å². The van der Waals surface area contributed by atoms with E-state index >= 15 is 0 Å². The van der Waals surface area contributed by atoms with E-state index in [4.69, 9.17) is 0 Å². The molecule has 25 heavy (non-hydrogen) atoms. The Morgan fingerprint density at radius 2 is 2.04 bits per heavy atom. The highest BCUT2D eigenvalue weighted by Gasteiger charge is 2.24. The van der Waals surface area contributed by atoms with Crippen molar-refractivity contribution in [2.45, 2.75) is 31.7 Å². The summed E-state index contributed by atoms with van der Waals surface area (Å²) in [5.41, 5.74) is 1.71. The van der Waals surface area contributed by atoms with Crippen LogP contribution in [0.15, 0.2) is 53.5 Å². The molecule has 1 unspecified atom stereocenters. The number of hydrogen-bond acceptors (Lipinski definition) is 3. The summed E-state index contributed by atoms with van der Waals surface area (Å²) in [6.07, 6.45) is 6.22. The minimum absolute atomic E-state index is 0.0178. The Hall–Kier alpha value is -2.89. The molecule has 128 valence electrons. The average molecular weight is 336 g/mol. The van der Waals surface area contributed by atoms with Gasteiger partial charge in [-0.05, 0) is 30.0 Å². The van der Waals surface area contributed by atoms with Crippen LogP contribution in [0.25, 0.3) is 5.65 Å². The van der Waals surface area contributed by atoms with Crippen molar-refractivity contribution in [2.75, 3.05) is 0 Å². The van der Waals surface area contributed by atoms with Crippen LogP contribution in [0, 0.1) is 5.92 Å². The molecule has 0 spiro atoms. The molecule has 1 aromatic carbocycles. The van der Waals surface area contributed by atoms with Crippen LogP contribution in [0.5, 0.6) is 0 Å². The van der Waals surface area contributed by atoms with Crippen molar-refractivity contribution in [2.24, 2.45) is 5.92 Å². The zero-order valence-corrected chi connectivity index (χ0v) is 13.8. The highest BCUT2D eigenvalue weighted by molar-refractivity contribution is 5.94. The largest absolute Gasteiger partial charge is 0.347 e. The van der Waals surface area contributed by atoms with Crippen molar-refractivity contribution in [3.8, 4) is 0 Å². The van der Waals surface area contributed by atoms with Gasteiger partial charge in [-0.3, -0.25) is 4.79 Å². The van der Waals surface area contributed by atoms with Crippen LogP contribution in [0.3, 0.4) is 0 Å². The summed E-state index contributed by atoms with van der Waals surface area (Å²) in [4.78, 5) is 24.4. The van der Waals surface area contributed by atoms with E-state index in [2.05, 4.69) is 15.5 Å². The number of aromatic nitrogens is 3. The summed E-state index contributed by atoms with van der Waals surface area (Å²) in [7, 11) is 0. The normalized spacial score (nSPS) is 15.7. The van der Waals surface area contributed by atoms with Gasteiger partial charge in [0.05, 0.1) is 11.6 Å². The Bertz CT molecular complexity index is 941. The van der Waals surface area contributed by atoms with Gasteiger partial charge in [0.2, 0.25) is 0 Å². The lowest BCUT2D eigenvalue weighted by atomic mass is 9.79. The van der Waals surface area contributed by atoms with E-state index in [9.17, 15) is 9.59 Å². The molecular formula is C19H20N4O2. The number of carbonyl (C=O) groups is 1. The Morgan fingerprint density at radius 3 is 2.76 bits per heavy atom. The Morgan fingerprint density at radius 1 is 1.24 bits per heavy atom. The molecule has 2 aromatic heterocycles. The van der Waals surface area contributed by atoms with E-state index in [0.717, 1.165) is 12.0 Å². The fourth-order valence-electron chi connectivity index (χ4n) is 3.31. The number of pyridine rings is 1. The van der Waals surface area contributed by atoms with Gasteiger partial charge >= 0.3 is 5.69 Å². The van der Waals surface area contributed by atoms with Crippen LogP contribution in [-0.2, 0) is 0 Å². The first-order valence-electron chi connectivity index (χ1n) is 8.63. The molecule has 3 aromatic rings. The summed E-state index contributed by atoms with van der Waals surface area (Å²) in [6, 6.07) is 13.4. The van der Waals surface area contributed by atoms with Crippen molar-refractivity contribution >= 4 is 11.6 Å². The molecule has 6 nitrogen and oxygen atoms in total. The van der Waals surface area contributed by atoms with Gasteiger partial charge in [0, 0.05) is 6.20 Å². The van der Waals surface area contributed by atoms with Gasteiger partial charge in [-0.25, -0.2) is 14.3 Å². The highest BCUT2D eigenvalue weighted by Crippen LogP contribution is 2.34. The number of carbonyl (C=O) groups excluding carboxylic acids is 1. The lowest BCUT2D eigenvalue weighted by molar-refractivity contribution is 0.0925. The third kappa shape index (κ3) is 3.20. The number of benzene rings is 1. The van der Waals surface area contributed by atoms with E-state index in [1.54, 1.807) is 12.1 Å². The fraction of sp³-hybridized carbons (Fsp3) is 0.316. The highest BCUT2D eigenvalue weighted by atomic mass is 16.2. The monoisotopic (exact) mass is 336 g/mol. The molecule has 1 aliphatic rings. The number of nitrogens with zero attached hydrogens (tertiary/aromatic N) is 2. The van der Waals surface area contributed by atoms with E-state index in [1.165, 1.54) is 29.9 Å². The minimum Gasteiger partial charge on any atom is -0.345 e. The third-order valence-corrected chi connectivity index (χ3v) is 4.98. The maximum Gasteiger partial charge on any atom is 0.347 e. The van der Waals surface area contributed by atoms with Crippen molar-refractivity contribution < 1.29 is 4.79 Å². The molecule has 4 rings (SSSR count). The summed E-state index contributed by atoms with van der Waals surface area (Å²) < 4.78 is 1.35. The zero-order chi connectivity index (χ0) is 17.2. The number of H-pyrrole nitrogens is 1. The van der Waals surface area contributed by atoms with Gasteiger partial charge in [0.1, 0.15) is 0 Å². The van der Waals surface area contributed by atoms with Crippen LogP contribution in [0.4, 0.5) is 0 Å². The molecule has 1 saturated carbocycles. The van der Waals surface area contributed by atoms with E-state index in [0.29, 0.717) is 17.1 Å². The molecule has 6 heteroatoms. The molecule has 2 N–H and O–H groups in total. The van der Waals surface area contributed by atoms with Gasteiger partial charge in [0.25, 0.3) is 5.91 Å². The average Bonchev–Trinajstić information content (AvgIpc) is 2.98. The molecule has 0 radical (unpaired) electrons. The SMILES string of the molecule is O=C(NC(CC1CCC1)c1ccccc1)c1ccc2n[nH]c(=O)n2c1. The lowest BCUT2D eigenvalue weighted by Gasteiger charge is -2.30. The summed E-state index contributed by atoms with van der Waals surface area (Å²) in [5, 5.41) is 9.40. The Kier molecular flexibility index (Phi) is 4.09. The van der Waals surface area contributed by atoms with Crippen LogP contribution in [0.2, 0.25) is 0 Å². The van der Waals surface area contributed by atoms with Crippen LogP contribution in [0.1, 0.15) is 47.6 Å². The molecule has 0 saturated heterocycles. The maximum absolute atomic E-state index is 12.7. The van der Waals surface area contributed by atoms with Gasteiger partial charge in [0.15, 0.2) is 5.65 Å². The first-order valence-corrected chi connectivity index (χ1v) is 8.63. The molecular weight excluding hydrogens is 316 g/mol. The molecule has 1 fully saturated rings. The summed E-state index contributed by atoms with van der Waals surface area (Å²) in [6.45, 7) is 0. The molecule has 0 bridgehead atoms. The van der Waals surface area contributed by atoms with Gasteiger partial charge in [-0.15, -0.1) is 0 Å². The minimum atomic E-state index is -0.348. The maximum atomic E-state index is 12.7. The summed E-state index contributed by atoms with van der Waals surface area (Å²) >= 11 is 0. The number of nitrogens with one attached hydrogen (secondary N) is 2. The molecule has 0 aliphatic heterocycles. The first-order chi connectivity index (χ1) is 12.2. The lowest BCUT2D eigenvalue weighted by Crippen LogP contribution is -2.31. The van der Waals surface area contributed by atoms with Gasteiger partial charge < -0.3 is 5.32 Å². The van der Waals surface area contributed by atoms with Crippen LogP contribution in [-0.4, -0.2) is 20.5 Å². The Balaban J connectivity index is 1.58. The van der Waals surface area contributed by atoms with Crippen molar-refractivity contribution in [1.29, 1.82) is 0 Å². The smallest absolute Gasteiger partial charge is 0.345 e. The van der Waals surface area contributed by atoms with Crippen molar-refractivity contribution in [3.05, 3.63) is 70.3 Å². The second-order valence-electron chi connectivity index (χ2n) is 6.64. The molecule has 2 heterocycles. The van der Waals surface area contributed by atoms with Gasteiger partial charge in [-0.1, -0.05) is 49.6 Å². The predicted octanol–water partition coefficient (Wildman–Crippen LogP) is 2.68. The number of hydrogen-bond donors (Lipinski definition) is 2. The number of amides is 1. The van der Waals surface area contributed by atoms with Crippen molar-refractivity contribution in [1.82, 2.24) is 19.9 Å². The number of rotatable bonds is 5. The van der Waals surface area contributed by atoms with E-state index in [1.807, 2.05) is 30.3 Å². The van der Waals surface area contributed by atoms with Crippen LogP contribution >= 0.6 is 0 Å². The topological polar surface area (TPSA) is 79.3 Å². The molecule has 1 aliphatic carbocycles. The quantitative estimate of drug-likeness (QED) is 0.752. The van der Waals surface area contributed by atoms with Crippen molar-refractivity contribution in [3.63, 3.8) is 0 Å². The summed E-state index contributed by atoms with van der Waals surface area (Å²) in [5.74, 6) is 0.493. The Labute approximate surface area is 144 Å². The second kappa shape index (κ2) is 6.55. The number of fused-ring (bicyclic) bond motifs is 1. The third-order valence-electron chi connectivity index (χ3n) is 4.98. The van der Waals surface area contributed by atoms with Crippen LogP contribution < -0.4 is 11.0 Å². The fourth-order valence-corrected chi connectivity index (χ4v) is 3.31. The molecule has 1 amide bonds. The first kappa shape index (κ1) is 15.6. The number of aromatic amines is 1. The van der Waals surface area contributed by atoms with E-state index in [-0.39, 0.29) is 17.6 Å². The standard InChI is InChI=1S/C19H20N4O2/c24-18(15-9-10-17-21-22-19(25)23(17)12-15)20-16(11-13-5-4-6-13)14-7-2-1-3-8-14/h1-3,7-10,12-13,16H,4-6,11H2,(H,20,24)(H,22,25). The zero-order valence-electron chi connectivity index (χ0n) is 13.8. The van der Waals surface area contributed by atoms with Gasteiger partial charge in [-0.2, -0.15) is 5.10 Å². The predicted molar refractivity (Wildman–Crippen MR) is 94.4 cm³/mol.